The molecule has 1 saturated heterocycles. The Morgan fingerprint density at radius 2 is 1.45 bits per heavy atom. The van der Waals surface area contributed by atoms with Crippen molar-refractivity contribution in [1.29, 1.82) is 0 Å². The van der Waals surface area contributed by atoms with E-state index in [-0.39, 0.29) is 0 Å². The molecule has 2 nitrogen and oxygen atoms in total. The highest BCUT2D eigenvalue weighted by Crippen LogP contribution is 2.10. The van der Waals surface area contributed by atoms with Crippen molar-refractivity contribution in [3.63, 3.8) is 0 Å². The maximum Gasteiger partial charge on any atom is 0.222 e. The normalized spacial score (nSPS) is 14.3. The second kappa shape index (κ2) is 15.2. The first kappa shape index (κ1) is 19.8. The molecule has 0 atom stereocenters. The van der Waals surface area contributed by atoms with E-state index in [9.17, 15) is 4.79 Å². The Labute approximate surface area is 131 Å². The maximum atomic E-state index is 10.5. The number of carbonyl (C=O) groups is 1. The summed E-state index contributed by atoms with van der Waals surface area (Å²) in [5.74, 6) is 1.14. The summed E-state index contributed by atoms with van der Waals surface area (Å²) in [6, 6.07) is 0. The smallest absolute Gasteiger partial charge is 0.222 e. The van der Waals surface area contributed by atoms with Gasteiger partial charge in [0.25, 0.3) is 0 Å². The standard InChI is InChI=1S/C12H25Cl.C5H9NO/c1-2-3-4-5-6-7-8-9-10-11-12-13;1-6-4-2-3-5(6)7/h2-12H2,1H3;2-4H2,1H3. The molecule has 1 aliphatic rings. The summed E-state index contributed by atoms with van der Waals surface area (Å²) in [4.78, 5) is 12.3. The van der Waals surface area contributed by atoms with Crippen molar-refractivity contribution in [1.82, 2.24) is 4.90 Å². The number of carbonyl (C=O) groups excluding carboxylic acids is 1. The average molecular weight is 304 g/mol. The lowest BCUT2D eigenvalue weighted by molar-refractivity contribution is -0.126. The van der Waals surface area contributed by atoms with Crippen molar-refractivity contribution in [3.05, 3.63) is 0 Å². The van der Waals surface area contributed by atoms with E-state index < -0.39 is 0 Å². The van der Waals surface area contributed by atoms with Crippen LogP contribution in [-0.4, -0.2) is 30.3 Å². The quantitative estimate of drug-likeness (QED) is 0.391. The topological polar surface area (TPSA) is 20.3 Å². The van der Waals surface area contributed by atoms with Gasteiger partial charge < -0.3 is 4.90 Å². The number of hydrogen-bond donors (Lipinski definition) is 0. The van der Waals surface area contributed by atoms with E-state index >= 15 is 0 Å². The second-order valence-electron chi connectivity index (χ2n) is 5.79. The van der Waals surface area contributed by atoms with Gasteiger partial charge in [0.05, 0.1) is 0 Å². The lowest BCUT2D eigenvalue weighted by Gasteiger charge is -2.03. The van der Waals surface area contributed by atoms with Gasteiger partial charge >= 0.3 is 0 Å². The molecule has 1 fully saturated rings. The van der Waals surface area contributed by atoms with Crippen molar-refractivity contribution in [2.24, 2.45) is 0 Å². The third-order valence-electron chi connectivity index (χ3n) is 3.80. The fourth-order valence-electron chi connectivity index (χ4n) is 2.36. The van der Waals surface area contributed by atoms with E-state index in [0.717, 1.165) is 25.3 Å². The summed E-state index contributed by atoms with van der Waals surface area (Å²) in [7, 11) is 1.84. The van der Waals surface area contributed by atoms with Gasteiger partial charge in [0.2, 0.25) is 5.91 Å². The minimum absolute atomic E-state index is 0.292. The third kappa shape index (κ3) is 12.8. The monoisotopic (exact) mass is 303 g/mol. The zero-order valence-electron chi connectivity index (χ0n) is 13.6. The Balaban J connectivity index is 0.000000428. The fourth-order valence-corrected chi connectivity index (χ4v) is 2.55. The molecule has 0 bridgehead atoms. The zero-order chi connectivity index (χ0) is 15.1. The number of likely N-dealkylation sites (tertiary alicyclic amines) is 1. The summed E-state index contributed by atoms with van der Waals surface area (Å²) >= 11 is 5.60. The maximum absolute atomic E-state index is 10.5. The molecule has 0 radical (unpaired) electrons. The van der Waals surface area contributed by atoms with Gasteiger partial charge in [-0.3, -0.25) is 4.79 Å². The molecule has 0 unspecified atom stereocenters. The van der Waals surface area contributed by atoms with Crippen LogP contribution in [0.3, 0.4) is 0 Å². The van der Waals surface area contributed by atoms with Crippen LogP contribution in [0.1, 0.15) is 84.0 Å². The highest BCUT2D eigenvalue weighted by atomic mass is 35.5. The molecule has 0 aromatic carbocycles. The first-order valence-corrected chi connectivity index (χ1v) is 9.05. The van der Waals surface area contributed by atoms with Gasteiger partial charge in [-0.15, -0.1) is 11.6 Å². The molecular weight excluding hydrogens is 270 g/mol. The van der Waals surface area contributed by atoms with Crippen LogP contribution < -0.4 is 0 Å². The number of unbranched alkanes of at least 4 members (excludes halogenated alkanes) is 9. The van der Waals surface area contributed by atoms with Gasteiger partial charge in [-0.05, 0) is 12.8 Å². The van der Waals surface area contributed by atoms with Crippen LogP contribution in [0.15, 0.2) is 0 Å². The molecule has 1 aliphatic heterocycles. The van der Waals surface area contributed by atoms with Crippen LogP contribution >= 0.6 is 11.6 Å². The Morgan fingerprint density at radius 3 is 1.75 bits per heavy atom. The predicted molar refractivity (Wildman–Crippen MR) is 89.4 cm³/mol. The van der Waals surface area contributed by atoms with E-state index in [1.54, 1.807) is 4.90 Å². The Kier molecular flexibility index (Phi) is 15.0. The van der Waals surface area contributed by atoms with Crippen molar-refractivity contribution in [3.8, 4) is 0 Å². The molecule has 120 valence electrons. The van der Waals surface area contributed by atoms with Crippen molar-refractivity contribution >= 4 is 17.5 Å². The number of rotatable bonds is 10. The molecular formula is C17H34ClNO. The van der Waals surface area contributed by atoms with Crippen LogP contribution in [0.2, 0.25) is 0 Å². The molecule has 0 spiro atoms. The van der Waals surface area contributed by atoms with E-state index in [4.69, 9.17) is 11.6 Å². The van der Waals surface area contributed by atoms with Gasteiger partial charge in [0, 0.05) is 25.9 Å². The number of amides is 1. The van der Waals surface area contributed by atoms with Crippen LogP contribution in [-0.2, 0) is 4.79 Å². The van der Waals surface area contributed by atoms with E-state index in [0.29, 0.717) is 5.91 Å². The van der Waals surface area contributed by atoms with Crippen molar-refractivity contribution in [2.45, 2.75) is 84.0 Å². The van der Waals surface area contributed by atoms with Crippen LogP contribution in [0.4, 0.5) is 0 Å². The SMILES string of the molecule is CCCCCCCCCCCCCl.CN1CCCC1=O. The van der Waals surface area contributed by atoms with Gasteiger partial charge in [-0.2, -0.15) is 0 Å². The lowest BCUT2D eigenvalue weighted by atomic mass is 10.1. The third-order valence-corrected chi connectivity index (χ3v) is 4.06. The minimum Gasteiger partial charge on any atom is -0.346 e. The second-order valence-corrected chi connectivity index (χ2v) is 6.17. The fraction of sp³-hybridized carbons (Fsp3) is 0.941. The largest absolute Gasteiger partial charge is 0.346 e. The lowest BCUT2D eigenvalue weighted by Crippen LogP contribution is -2.17. The molecule has 20 heavy (non-hydrogen) atoms. The summed E-state index contributed by atoms with van der Waals surface area (Å²) in [6.07, 6.45) is 15.7. The van der Waals surface area contributed by atoms with Gasteiger partial charge in [-0.1, -0.05) is 64.7 Å². The van der Waals surface area contributed by atoms with Gasteiger partial charge in [0.1, 0.15) is 0 Å². The van der Waals surface area contributed by atoms with Crippen LogP contribution in [0, 0.1) is 0 Å². The molecule has 3 heteroatoms. The van der Waals surface area contributed by atoms with Gasteiger partial charge in [0.15, 0.2) is 0 Å². The molecule has 0 aromatic rings. The van der Waals surface area contributed by atoms with Crippen LogP contribution in [0.25, 0.3) is 0 Å². The first-order chi connectivity index (χ1) is 9.72. The molecule has 0 saturated carbocycles. The van der Waals surface area contributed by atoms with E-state index in [2.05, 4.69) is 6.92 Å². The van der Waals surface area contributed by atoms with Gasteiger partial charge in [-0.25, -0.2) is 0 Å². The highest BCUT2D eigenvalue weighted by molar-refractivity contribution is 6.17. The number of halogens is 1. The predicted octanol–water partition coefficient (Wildman–Crippen LogP) is 5.38. The van der Waals surface area contributed by atoms with Crippen molar-refractivity contribution in [2.75, 3.05) is 19.5 Å². The summed E-state index contributed by atoms with van der Waals surface area (Å²) < 4.78 is 0. The van der Waals surface area contributed by atoms with Crippen LogP contribution in [0.5, 0.6) is 0 Å². The Hall–Kier alpha value is -0.240. The summed E-state index contributed by atoms with van der Waals surface area (Å²) in [5, 5.41) is 0. The summed E-state index contributed by atoms with van der Waals surface area (Å²) in [5.41, 5.74) is 0. The minimum atomic E-state index is 0.292. The van der Waals surface area contributed by atoms with Crippen molar-refractivity contribution < 1.29 is 4.79 Å². The molecule has 0 aliphatic carbocycles. The zero-order valence-corrected chi connectivity index (χ0v) is 14.4. The molecule has 1 amide bonds. The number of nitrogens with zero attached hydrogens (tertiary/aromatic N) is 1. The van der Waals surface area contributed by atoms with E-state index in [1.807, 2.05) is 7.05 Å². The first-order valence-electron chi connectivity index (χ1n) is 8.52. The number of alkyl halides is 1. The highest BCUT2D eigenvalue weighted by Gasteiger charge is 2.14. The molecule has 0 N–H and O–H groups in total. The Morgan fingerprint density at radius 1 is 0.950 bits per heavy atom. The molecule has 0 aromatic heterocycles. The summed E-state index contributed by atoms with van der Waals surface area (Å²) in [6.45, 7) is 3.23. The van der Waals surface area contributed by atoms with E-state index in [1.165, 1.54) is 64.2 Å². The molecule has 1 heterocycles. The Bertz CT molecular complexity index is 211. The molecule has 1 rings (SSSR count). The average Bonchev–Trinajstić information content (AvgIpc) is 2.82. The number of hydrogen-bond acceptors (Lipinski definition) is 1.